The third kappa shape index (κ3) is 4.32. The first kappa shape index (κ1) is 16.9. The summed E-state index contributed by atoms with van der Waals surface area (Å²) in [6, 6.07) is 10.9. The van der Waals surface area contributed by atoms with E-state index in [1.807, 2.05) is 29.6 Å². The molecule has 24 heavy (non-hydrogen) atoms. The van der Waals surface area contributed by atoms with Gasteiger partial charge in [0.05, 0.1) is 17.1 Å². The zero-order valence-corrected chi connectivity index (χ0v) is 14.7. The standard InChI is InChI=1S/C17H12Cl2N2O2S/c18-14-4-2-1-3-13(14)17-21-12(10-24-17)8-16(22)23-9-11-5-6-20-15(19)7-11/h1-7,10H,8-9H2. The fraction of sp³-hybridized carbons (Fsp3) is 0.118. The van der Waals surface area contributed by atoms with Crippen LogP contribution in [0.5, 0.6) is 0 Å². The number of hydrogen-bond donors (Lipinski definition) is 0. The van der Waals surface area contributed by atoms with E-state index in [0.29, 0.717) is 15.9 Å². The largest absolute Gasteiger partial charge is 0.461 e. The van der Waals surface area contributed by atoms with Gasteiger partial charge in [0.25, 0.3) is 0 Å². The molecule has 0 aliphatic carbocycles. The van der Waals surface area contributed by atoms with Crippen LogP contribution in [0, 0.1) is 0 Å². The van der Waals surface area contributed by atoms with Crippen molar-refractivity contribution in [2.45, 2.75) is 13.0 Å². The molecule has 0 bridgehead atoms. The van der Waals surface area contributed by atoms with E-state index in [1.165, 1.54) is 11.3 Å². The number of pyridine rings is 1. The Morgan fingerprint density at radius 2 is 2.04 bits per heavy atom. The quantitative estimate of drug-likeness (QED) is 0.472. The number of nitrogens with zero attached hydrogens (tertiary/aromatic N) is 2. The molecule has 0 fully saturated rings. The molecule has 2 aromatic heterocycles. The topological polar surface area (TPSA) is 52.1 Å². The van der Waals surface area contributed by atoms with Gasteiger partial charge in [0.15, 0.2) is 0 Å². The molecular weight excluding hydrogens is 367 g/mol. The van der Waals surface area contributed by atoms with Crippen LogP contribution in [0.25, 0.3) is 10.6 Å². The summed E-state index contributed by atoms with van der Waals surface area (Å²) in [5.41, 5.74) is 2.31. The van der Waals surface area contributed by atoms with Crippen LogP contribution in [0.3, 0.4) is 0 Å². The fourth-order valence-corrected chi connectivity index (χ4v) is 3.38. The molecule has 122 valence electrons. The van der Waals surface area contributed by atoms with Crippen LogP contribution in [0.2, 0.25) is 10.2 Å². The summed E-state index contributed by atoms with van der Waals surface area (Å²) >= 11 is 13.4. The maximum Gasteiger partial charge on any atom is 0.312 e. The van der Waals surface area contributed by atoms with Gasteiger partial charge in [-0.15, -0.1) is 11.3 Å². The van der Waals surface area contributed by atoms with E-state index in [2.05, 4.69) is 9.97 Å². The molecule has 0 aliphatic rings. The van der Waals surface area contributed by atoms with Gasteiger partial charge in [-0.25, -0.2) is 9.97 Å². The molecule has 7 heteroatoms. The second-order valence-electron chi connectivity index (χ2n) is 4.95. The Labute approximate surface area is 153 Å². The second kappa shape index (κ2) is 7.75. The molecular formula is C17H12Cl2N2O2S. The first-order chi connectivity index (χ1) is 11.6. The van der Waals surface area contributed by atoms with Gasteiger partial charge in [-0.05, 0) is 23.8 Å². The Hall–Kier alpha value is -1.95. The summed E-state index contributed by atoms with van der Waals surface area (Å²) in [5, 5.41) is 3.62. The highest BCUT2D eigenvalue weighted by atomic mass is 35.5. The molecule has 4 nitrogen and oxygen atoms in total. The van der Waals surface area contributed by atoms with Crippen LogP contribution in [0.1, 0.15) is 11.3 Å². The molecule has 0 N–H and O–H groups in total. The van der Waals surface area contributed by atoms with Gasteiger partial charge in [-0.3, -0.25) is 4.79 Å². The lowest BCUT2D eigenvalue weighted by atomic mass is 10.2. The molecule has 0 spiro atoms. The Kier molecular flexibility index (Phi) is 5.45. The minimum absolute atomic E-state index is 0.111. The van der Waals surface area contributed by atoms with Crippen molar-refractivity contribution < 1.29 is 9.53 Å². The summed E-state index contributed by atoms with van der Waals surface area (Å²) < 4.78 is 5.24. The zero-order chi connectivity index (χ0) is 16.9. The molecule has 0 aliphatic heterocycles. The van der Waals surface area contributed by atoms with Crippen molar-refractivity contribution in [3.63, 3.8) is 0 Å². The van der Waals surface area contributed by atoms with Gasteiger partial charge in [-0.2, -0.15) is 0 Å². The van der Waals surface area contributed by atoms with Gasteiger partial charge in [0.2, 0.25) is 0 Å². The number of esters is 1. The van der Waals surface area contributed by atoms with E-state index in [1.54, 1.807) is 18.3 Å². The summed E-state index contributed by atoms with van der Waals surface area (Å²) in [7, 11) is 0. The number of hydrogen-bond acceptors (Lipinski definition) is 5. The summed E-state index contributed by atoms with van der Waals surface area (Å²) in [5.74, 6) is -0.348. The van der Waals surface area contributed by atoms with Crippen molar-refractivity contribution in [3.8, 4) is 10.6 Å². The Balaban J connectivity index is 1.60. The average Bonchev–Trinajstić information content (AvgIpc) is 3.02. The van der Waals surface area contributed by atoms with Gasteiger partial charge >= 0.3 is 5.97 Å². The minimum Gasteiger partial charge on any atom is -0.461 e. The molecule has 0 atom stereocenters. The number of carbonyl (C=O) groups excluding carboxylic acids is 1. The van der Waals surface area contributed by atoms with E-state index in [4.69, 9.17) is 27.9 Å². The fourth-order valence-electron chi connectivity index (χ4n) is 2.04. The highest BCUT2D eigenvalue weighted by Gasteiger charge is 2.12. The molecule has 0 saturated heterocycles. The minimum atomic E-state index is -0.348. The van der Waals surface area contributed by atoms with Crippen LogP contribution < -0.4 is 0 Å². The first-order valence-corrected chi connectivity index (χ1v) is 8.71. The molecule has 3 aromatic rings. The van der Waals surface area contributed by atoms with Gasteiger partial charge in [0, 0.05) is 17.1 Å². The number of aromatic nitrogens is 2. The second-order valence-corrected chi connectivity index (χ2v) is 6.60. The maximum atomic E-state index is 12.0. The lowest BCUT2D eigenvalue weighted by Crippen LogP contribution is -2.08. The summed E-state index contributed by atoms with van der Waals surface area (Å²) in [4.78, 5) is 20.3. The maximum absolute atomic E-state index is 12.0. The Bertz CT molecular complexity index is 867. The lowest BCUT2D eigenvalue weighted by molar-refractivity contribution is -0.144. The van der Waals surface area contributed by atoms with E-state index < -0.39 is 0 Å². The van der Waals surface area contributed by atoms with E-state index >= 15 is 0 Å². The van der Waals surface area contributed by atoms with Gasteiger partial charge in [0.1, 0.15) is 16.8 Å². The van der Waals surface area contributed by atoms with E-state index in [9.17, 15) is 4.79 Å². The number of benzene rings is 1. The normalized spacial score (nSPS) is 10.6. The monoisotopic (exact) mass is 378 g/mol. The number of rotatable bonds is 5. The Morgan fingerprint density at radius 1 is 1.21 bits per heavy atom. The smallest absolute Gasteiger partial charge is 0.312 e. The van der Waals surface area contributed by atoms with Crippen molar-refractivity contribution in [2.24, 2.45) is 0 Å². The lowest BCUT2D eigenvalue weighted by Gasteiger charge is -2.04. The first-order valence-electron chi connectivity index (χ1n) is 7.07. The van der Waals surface area contributed by atoms with Crippen LogP contribution in [0.4, 0.5) is 0 Å². The van der Waals surface area contributed by atoms with Gasteiger partial charge < -0.3 is 4.74 Å². The van der Waals surface area contributed by atoms with Crippen LogP contribution in [-0.4, -0.2) is 15.9 Å². The van der Waals surface area contributed by atoms with Crippen molar-refractivity contribution in [3.05, 3.63) is 69.4 Å². The van der Waals surface area contributed by atoms with Crippen LogP contribution in [-0.2, 0) is 22.6 Å². The molecule has 2 heterocycles. The predicted octanol–water partition coefficient (Wildman–Crippen LogP) is 4.80. The number of ether oxygens (including phenoxy) is 1. The Morgan fingerprint density at radius 3 is 2.83 bits per heavy atom. The average molecular weight is 379 g/mol. The van der Waals surface area contributed by atoms with Gasteiger partial charge in [-0.1, -0.05) is 41.4 Å². The highest BCUT2D eigenvalue weighted by Crippen LogP contribution is 2.30. The van der Waals surface area contributed by atoms with Crippen molar-refractivity contribution in [1.29, 1.82) is 0 Å². The number of halogens is 2. The van der Waals surface area contributed by atoms with Crippen LogP contribution in [0.15, 0.2) is 48.0 Å². The molecule has 0 amide bonds. The molecule has 3 rings (SSSR count). The molecule has 0 unspecified atom stereocenters. The van der Waals surface area contributed by atoms with Crippen molar-refractivity contribution >= 4 is 40.5 Å². The highest BCUT2D eigenvalue weighted by molar-refractivity contribution is 7.13. The van der Waals surface area contributed by atoms with Crippen molar-refractivity contribution in [1.82, 2.24) is 9.97 Å². The van der Waals surface area contributed by atoms with Crippen LogP contribution >= 0.6 is 34.5 Å². The number of thiazole rings is 1. The van der Waals surface area contributed by atoms with E-state index in [0.717, 1.165) is 16.1 Å². The third-order valence-electron chi connectivity index (χ3n) is 3.17. The van der Waals surface area contributed by atoms with E-state index in [-0.39, 0.29) is 19.0 Å². The molecule has 1 aromatic carbocycles. The third-order valence-corrected chi connectivity index (χ3v) is 4.63. The summed E-state index contributed by atoms with van der Waals surface area (Å²) in [6.45, 7) is 0.155. The van der Waals surface area contributed by atoms with Crippen molar-refractivity contribution in [2.75, 3.05) is 0 Å². The molecule has 0 radical (unpaired) electrons. The predicted molar refractivity (Wildman–Crippen MR) is 95.3 cm³/mol. The molecule has 0 saturated carbocycles. The summed E-state index contributed by atoms with van der Waals surface area (Å²) in [6.07, 6.45) is 1.68. The zero-order valence-electron chi connectivity index (χ0n) is 12.4. The number of carbonyl (C=O) groups is 1. The SMILES string of the molecule is O=C(Cc1csc(-c2ccccc2Cl)n1)OCc1ccnc(Cl)c1.